The predicted molar refractivity (Wildman–Crippen MR) is 72.6 cm³/mol. The highest BCUT2D eigenvalue weighted by Crippen LogP contribution is 2.22. The molecule has 0 radical (unpaired) electrons. The number of nitrogens with two attached hydrogens (primary N) is 1. The first-order chi connectivity index (χ1) is 8.84. The first kappa shape index (κ1) is 11.4. The predicted octanol–water partition coefficient (Wildman–Crippen LogP) is 2.42. The second kappa shape index (κ2) is 4.88. The van der Waals surface area contributed by atoms with Gasteiger partial charge in [0.1, 0.15) is 0 Å². The Morgan fingerprint density at radius 2 is 2.33 bits per heavy atom. The Kier molecular flexibility index (Phi) is 3.08. The van der Waals surface area contributed by atoms with Crippen LogP contribution in [0, 0.1) is 0 Å². The summed E-state index contributed by atoms with van der Waals surface area (Å²) < 4.78 is 1.81. The summed E-state index contributed by atoms with van der Waals surface area (Å²) in [7, 11) is 0. The lowest BCUT2D eigenvalue weighted by Crippen LogP contribution is -2.10. The van der Waals surface area contributed by atoms with E-state index in [2.05, 4.69) is 27.6 Å². The molecule has 0 aliphatic carbocycles. The molecule has 4 nitrogen and oxygen atoms in total. The number of thiophene rings is 1. The molecule has 3 aromatic heterocycles. The molecule has 2 N–H and O–H groups in total. The van der Waals surface area contributed by atoms with Gasteiger partial charge in [-0.1, -0.05) is 6.07 Å². The maximum absolute atomic E-state index is 6.25. The number of fused-ring (bicyclic) bond motifs is 1. The second-order valence-electron chi connectivity index (χ2n) is 4.23. The zero-order valence-corrected chi connectivity index (χ0v) is 10.7. The van der Waals surface area contributed by atoms with E-state index >= 15 is 0 Å². The van der Waals surface area contributed by atoms with Gasteiger partial charge in [0, 0.05) is 28.9 Å². The number of aromatic nitrogens is 3. The lowest BCUT2D eigenvalue weighted by Gasteiger charge is -2.09. The average molecular weight is 258 g/mol. The molecule has 0 saturated heterocycles. The Morgan fingerprint density at radius 1 is 1.39 bits per heavy atom. The number of aryl methyl sites for hydroxylation is 1. The van der Waals surface area contributed by atoms with E-state index in [4.69, 9.17) is 5.73 Å². The fourth-order valence-corrected chi connectivity index (χ4v) is 2.77. The van der Waals surface area contributed by atoms with Gasteiger partial charge >= 0.3 is 0 Å². The van der Waals surface area contributed by atoms with E-state index in [-0.39, 0.29) is 6.04 Å². The fourth-order valence-electron chi connectivity index (χ4n) is 2.05. The number of hydrogen-bond donors (Lipinski definition) is 1. The molecular weight excluding hydrogens is 244 g/mol. The Balaban J connectivity index is 1.77. The minimum atomic E-state index is 0.00815. The molecule has 0 aromatic carbocycles. The molecule has 3 rings (SSSR count). The molecule has 0 aliphatic heterocycles. The molecule has 92 valence electrons. The van der Waals surface area contributed by atoms with E-state index in [9.17, 15) is 0 Å². The van der Waals surface area contributed by atoms with Crippen LogP contribution in [-0.2, 0) is 6.42 Å². The Labute approximate surface area is 109 Å². The molecule has 18 heavy (non-hydrogen) atoms. The summed E-state index contributed by atoms with van der Waals surface area (Å²) in [5.41, 5.74) is 8.31. The molecule has 0 aliphatic rings. The van der Waals surface area contributed by atoms with Gasteiger partial charge < -0.3 is 5.73 Å². The van der Waals surface area contributed by atoms with Crippen molar-refractivity contribution in [2.45, 2.75) is 18.9 Å². The van der Waals surface area contributed by atoms with Gasteiger partial charge in [0.15, 0.2) is 0 Å². The highest BCUT2D eigenvalue weighted by atomic mass is 32.1. The van der Waals surface area contributed by atoms with Gasteiger partial charge in [-0.3, -0.25) is 4.98 Å². The SMILES string of the molecule is NC(CCc1cccs1)c1cnn2ccncc12. The zero-order valence-electron chi connectivity index (χ0n) is 9.86. The first-order valence-corrected chi connectivity index (χ1v) is 6.78. The maximum Gasteiger partial charge on any atom is 0.0892 e. The quantitative estimate of drug-likeness (QED) is 0.782. The molecule has 3 heterocycles. The van der Waals surface area contributed by atoms with Crippen LogP contribution in [0.2, 0.25) is 0 Å². The van der Waals surface area contributed by atoms with Gasteiger partial charge in [-0.05, 0) is 24.3 Å². The summed E-state index contributed by atoms with van der Waals surface area (Å²) in [6.45, 7) is 0. The smallest absolute Gasteiger partial charge is 0.0892 e. The van der Waals surface area contributed by atoms with Crippen molar-refractivity contribution in [3.8, 4) is 0 Å². The maximum atomic E-state index is 6.25. The number of nitrogens with zero attached hydrogens (tertiary/aromatic N) is 3. The van der Waals surface area contributed by atoms with Gasteiger partial charge in [-0.25, -0.2) is 4.52 Å². The van der Waals surface area contributed by atoms with E-state index in [1.54, 1.807) is 17.5 Å². The molecule has 0 spiro atoms. The van der Waals surface area contributed by atoms with Crippen LogP contribution in [0.4, 0.5) is 0 Å². The van der Waals surface area contributed by atoms with E-state index in [1.807, 2.05) is 23.1 Å². The lowest BCUT2D eigenvalue weighted by atomic mass is 10.0. The van der Waals surface area contributed by atoms with Crippen LogP contribution in [0.3, 0.4) is 0 Å². The van der Waals surface area contributed by atoms with Crippen molar-refractivity contribution in [2.24, 2.45) is 5.73 Å². The molecule has 0 amide bonds. The number of hydrogen-bond acceptors (Lipinski definition) is 4. The van der Waals surface area contributed by atoms with Crippen molar-refractivity contribution in [1.82, 2.24) is 14.6 Å². The van der Waals surface area contributed by atoms with Crippen molar-refractivity contribution in [1.29, 1.82) is 0 Å². The van der Waals surface area contributed by atoms with E-state index < -0.39 is 0 Å². The largest absolute Gasteiger partial charge is 0.324 e. The van der Waals surface area contributed by atoms with Crippen molar-refractivity contribution in [2.75, 3.05) is 0 Å². The minimum Gasteiger partial charge on any atom is -0.324 e. The third kappa shape index (κ3) is 2.14. The third-order valence-electron chi connectivity index (χ3n) is 3.04. The van der Waals surface area contributed by atoms with Crippen LogP contribution in [0.15, 0.2) is 42.3 Å². The molecular formula is C13H14N4S. The summed E-state index contributed by atoms with van der Waals surface area (Å²) in [6, 6.07) is 4.23. The first-order valence-electron chi connectivity index (χ1n) is 5.90. The van der Waals surface area contributed by atoms with Gasteiger partial charge in [0.25, 0.3) is 0 Å². The highest BCUT2D eigenvalue weighted by Gasteiger charge is 2.12. The van der Waals surface area contributed by atoms with Crippen molar-refractivity contribution in [3.63, 3.8) is 0 Å². The van der Waals surface area contributed by atoms with Crippen molar-refractivity contribution < 1.29 is 0 Å². The average Bonchev–Trinajstić information content (AvgIpc) is 3.05. The molecule has 1 unspecified atom stereocenters. The lowest BCUT2D eigenvalue weighted by molar-refractivity contribution is 0.659. The normalized spacial score (nSPS) is 12.9. The summed E-state index contributed by atoms with van der Waals surface area (Å²) in [5, 5.41) is 6.38. The zero-order chi connectivity index (χ0) is 12.4. The Bertz CT molecular complexity index is 629. The van der Waals surface area contributed by atoms with Gasteiger partial charge in [-0.15, -0.1) is 11.3 Å². The van der Waals surface area contributed by atoms with Crippen LogP contribution >= 0.6 is 11.3 Å². The van der Waals surface area contributed by atoms with E-state index in [1.165, 1.54) is 4.88 Å². The van der Waals surface area contributed by atoms with Gasteiger partial charge in [0.05, 0.1) is 17.9 Å². The van der Waals surface area contributed by atoms with Gasteiger partial charge in [0.2, 0.25) is 0 Å². The molecule has 3 aromatic rings. The Morgan fingerprint density at radius 3 is 3.17 bits per heavy atom. The highest BCUT2D eigenvalue weighted by molar-refractivity contribution is 7.09. The third-order valence-corrected chi connectivity index (χ3v) is 3.97. The summed E-state index contributed by atoms with van der Waals surface area (Å²) in [5.74, 6) is 0. The van der Waals surface area contributed by atoms with E-state index in [0.717, 1.165) is 23.9 Å². The van der Waals surface area contributed by atoms with Crippen LogP contribution in [0.1, 0.15) is 22.9 Å². The van der Waals surface area contributed by atoms with Crippen LogP contribution in [0.25, 0.3) is 5.52 Å². The Hall–Kier alpha value is -1.72. The number of rotatable bonds is 4. The van der Waals surface area contributed by atoms with Crippen LogP contribution in [-0.4, -0.2) is 14.6 Å². The molecule has 0 saturated carbocycles. The van der Waals surface area contributed by atoms with Crippen molar-refractivity contribution in [3.05, 3.63) is 52.7 Å². The van der Waals surface area contributed by atoms with Crippen molar-refractivity contribution >= 4 is 16.9 Å². The monoisotopic (exact) mass is 258 g/mol. The fraction of sp³-hybridized carbons (Fsp3) is 0.231. The minimum absolute atomic E-state index is 0.00815. The summed E-state index contributed by atoms with van der Waals surface area (Å²) >= 11 is 1.78. The second-order valence-corrected chi connectivity index (χ2v) is 5.26. The van der Waals surface area contributed by atoms with Crippen LogP contribution < -0.4 is 5.73 Å². The molecule has 5 heteroatoms. The summed E-state index contributed by atoms with van der Waals surface area (Å²) in [6.07, 6.45) is 9.16. The molecule has 1 atom stereocenters. The molecule has 0 bridgehead atoms. The van der Waals surface area contributed by atoms with E-state index in [0.29, 0.717) is 0 Å². The topological polar surface area (TPSA) is 56.2 Å². The molecule has 0 fully saturated rings. The standard InChI is InChI=1S/C13H14N4S/c14-12(4-3-10-2-1-7-18-10)11-8-16-17-6-5-15-9-13(11)17/h1-2,5-9,12H,3-4,14H2. The summed E-state index contributed by atoms with van der Waals surface area (Å²) in [4.78, 5) is 5.50. The van der Waals surface area contributed by atoms with Gasteiger partial charge in [-0.2, -0.15) is 5.10 Å². The van der Waals surface area contributed by atoms with Crippen LogP contribution in [0.5, 0.6) is 0 Å².